The van der Waals surface area contributed by atoms with Crippen molar-refractivity contribution in [3.05, 3.63) is 28.8 Å². The van der Waals surface area contributed by atoms with Crippen LogP contribution >= 0.6 is 11.6 Å². The predicted molar refractivity (Wildman–Crippen MR) is 105 cm³/mol. The molecule has 1 saturated heterocycles. The van der Waals surface area contributed by atoms with Crippen LogP contribution in [0.5, 0.6) is 5.75 Å². The quantitative estimate of drug-likeness (QED) is 0.569. The molecule has 0 aromatic heterocycles. The van der Waals surface area contributed by atoms with Gasteiger partial charge in [0.25, 0.3) is 5.91 Å². The molecule has 7 heteroatoms. The summed E-state index contributed by atoms with van der Waals surface area (Å²) in [6.07, 6.45) is 4.27. The number of carbonyl (C=O) groups excluding carboxylic acids is 2. The maximum absolute atomic E-state index is 13.3. The lowest BCUT2D eigenvalue weighted by molar-refractivity contribution is -0.133. The first-order chi connectivity index (χ1) is 12.8. The number of ether oxygens (including phenoxy) is 1. The van der Waals surface area contributed by atoms with E-state index in [1.807, 2.05) is 6.92 Å². The van der Waals surface area contributed by atoms with E-state index in [0.29, 0.717) is 29.3 Å². The van der Waals surface area contributed by atoms with Gasteiger partial charge < -0.3 is 15.0 Å². The number of rotatable bonds is 7. The molecule has 0 saturated carbocycles. The fourth-order valence-corrected chi connectivity index (χ4v) is 4.11. The fraction of sp³-hybridized carbons (Fsp3) is 0.600. The predicted octanol–water partition coefficient (Wildman–Crippen LogP) is 3.38. The highest BCUT2D eigenvalue weighted by Gasteiger charge is 2.56. The minimum Gasteiger partial charge on any atom is -0.490 e. The van der Waals surface area contributed by atoms with Crippen LogP contribution in [0.4, 0.5) is 4.79 Å². The highest BCUT2D eigenvalue weighted by molar-refractivity contribution is 6.30. The molecule has 1 aromatic rings. The molecule has 148 valence electrons. The second kappa shape index (κ2) is 8.07. The Balaban J connectivity index is 1.70. The zero-order valence-electron chi connectivity index (χ0n) is 16.3. The van der Waals surface area contributed by atoms with Crippen LogP contribution in [-0.2, 0) is 10.3 Å². The third-order valence-corrected chi connectivity index (χ3v) is 5.47. The highest BCUT2D eigenvalue weighted by Crippen LogP contribution is 2.44. The van der Waals surface area contributed by atoms with Gasteiger partial charge in [0, 0.05) is 23.6 Å². The lowest BCUT2D eigenvalue weighted by Crippen LogP contribution is -2.49. The van der Waals surface area contributed by atoms with Crippen LogP contribution in [-0.4, -0.2) is 55.0 Å². The van der Waals surface area contributed by atoms with E-state index < -0.39 is 5.54 Å². The number of carbonyl (C=O) groups is 2. The number of hydrogen-bond donors (Lipinski definition) is 1. The standard InChI is InChI=1S/C20H28ClN3O3/c1-14-13-20(16-12-15(21)8-9-17(16)27-14)18(25)24(19(26)22-20)11-7-5-4-6-10-23(2)3/h8-9,12,14H,4-7,10-11,13H2,1-3H3,(H,22,26). The van der Waals surface area contributed by atoms with E-state index in [4.69, 9.17) is 16.3 Å². The van der Waals surface area contributed by atoms with Crippen LogP contribution < -0.4 is 10.1 Å². The molecule has 1 N–H and O–H groups in total. The Hall–Kier alpha value is -1.79. The molecule has 2 aliphatic heterocycles. The van der Waals surface area contributed by atoms with Crippen molar-refractivity contribution in [2.24, 2.45) is 0 Å². The number of benzene rings is 1. The van der Waals surface area contributed by atoms with E-state index in [2.05, 4.69) is 24.3 Å². The molecule has 0 aliphatic carbocycles. The Morgan fingerprint density at radius 3 is 2.74 bits per heavy atom. The number of urea groups is 1. The van der Waals surface area contributed by atoms with Crippen molar-refractivity contribution in [2.45, 2.75) is 50.7 Å². The van der Waals surface area contributed by atoms with Crippen LogP contribution in [0.15, 0.2) is 18.2 Å². The van der Waals surface area contributed by atoms with Crippen molar-refractivity contribution in [1.29, 1.82) is 0 Å². The smallest absolute Gasteiger partial charge is 0.325 e. The normalized spacial score (nSPS) is 24.3. The topological polar surface area (TPSA) is 61.9 Å². The Bertz CT molecular complexity index is 724. The highest BCUT2D eigenvalue weighted by atomic mass is 35.5. The van der Waals surface area contributed by atoms with Crippen LogP contribution in [0.2, 0.25) is 5.02 Å². The van der Waals surface area contributed by atoms with E-state index in [1.165, 1.54) is 4.90 Å². The minimum absolute atomic E-state index is 0.172. The van der Waals surface area contributed by atoms with Crippen molar-refractivity contribution in [1.82, 2.24) is 15.1 Å². The summed E-state index contributed by atoms with van der Waals surface area (Å²) < 4.78 is 5.85. The van der Waals surface area contributed by atoms with Gasteiger partial charge in [-0.1, -0.05) is 24.4 Å². The monoisotopic (exact) mass is 393 g/mol. The molecule has 2 unspecified atom stereocenters. The van der Waals surface area contributed by atoms with E-state index in [9.17, 15) is 9.59 Å². The van der Waals surface area contributed by atoms with Gasteiger partial charge in [0.05, 0.1) is 6.10 Å². The molecule has 2 aliphatic rings. The number of nitrogens with zero attached hydrogens (tertiary/aromatic N) is 2. The van der Waals surface area contributed by atoms with Gasteiger partial charge in [0.1, 0.15) is 5.75 Å². The van der Waals surface area contributed by atoms with Crippen molar-refractivity contribution >= 4 is 23.5 Å². The molecule has 27 heavy (non-hydrogen) atoms. The molecule has 0 radical (unpaired) electrons. The molecule has 2 atom stereocenters. The zero-order valence-corrected chi connectivity index (χ0v) is 17.0. The van der Waals surface area contributed by atoms with E-state index >= 15 is 0 Å². The third-order valence-electron chi connectivity index (χ3n) is 5.24. The lowest BCUT2D eigenvalue weighted by atomic mass is 9.82. The first-order valence-corrected chi connectivity index (χ1v) is 9.97. The number of imide groups is 1. The second-order valence-corrected chi connectivity index (χ2v) is 8.22. The van der Waals surface area contributed by atoms with Gasteiger partial charge in [-0.05, 0) is 58.6 Å². The number of fused-ring (bicyclic) bond motifs is 2. The van der Waals surface area contributed by atoms with Crippen molar-refractivity contribution in [3.8, 4) is 5.75 Å². The SMILES string of the molecule is CC1CC2(NC(=O)N(CCCCCCN(C)C)C2=O)c2cc(Cl)ccc2O1. The molecule has 1 fully saturated rings. The summed E-state index contributed by atoms with van der Waals surface area (Å²) in [5.41, 5.74) is -0.417. The maximum atomic E-state index is 13.3. The lowest BCUT2D eigenvalue weighted by Gasteiger charge is -2.36. The molecule has 2 heterocycles. The summed E-state index contributed by atoms with van der Waals surface area (Å²) in [7, 11) is 4.12. The minimum atomic E-state index is -1.07. The number of nitrogens with one attached hydrogen (secondary N) is 1. The third kappa shape index (κ3) is 4.06. The number of hydrogen-bond acceptors (Lipinski definition) is 4. The molecular formula is C20H28ClN3O3. The Kier molecular flexibility index (Phi) is 5.96. The Morgan fingerprint density at radius 1 is 1.26 bits per heavy atom. The van der Waals surface area contributed by atoms with Gasteiger partial charge >= 0.3 is 6.03 Å². The average molecular weight is 394 g/mol. The number of unbranched alkanes of at least 4 members (excludes halogenated alkanes) is 3. The summed E-state index contributed by atoms with van der Waals surface area (Å²) in [6.45, 7) is 3.41. The second-order valence-electron chi connectivity index (χ2n) is 7.78. The first-order valence-electron chi connectivity index (χ1n) is 9.59. The summed E-state index contributed by atoms with van der Waals surface area (Å²) in [6, 6.07) is 4.90. The van der Waals surface area contributed by atoms with Gasteiger partial charge in [0.15, 0.2) is 5.54 Å². The van der Waals surface area contributed by atoms with Gasteiger partial charge in [-0.25, -0.2) is 4.79 Å². The van der Waals surface area contributed by atoms with Crippen molar-refractivity contribution in [2.75, 3.05) is 27.2 Å². The van der Waals surface area contributed by atoms with Crippen molar-refractivity contribution < 1.29 is 14.3 Å². The summed E-state index contributed by atoms with van der Waals surface area (Å²) in [4.78, 5) is 29.4. The Labute approximate surface area is 165 Å². The molecule has 6 nitrogen and oxygen atoms in total. The Morgan fingerprint density at radius 2 is 2.00 bits per heavy atom. The van der Waals surface area contributed by atoms with Crippen LogP contribution in [0.1, 0.15) is 44.6 Å². The summed E-state index contributed by atoms with van der Waals surface area (Å²) in [5.74, 6) is 0.414. The van der Waals surface area contributed by atoms with Gasteiger partial charge in [-0.15, -0.1) is 0 Å². The van der Waals surface area contributed by atoms with Gasteiger partial charge in [-0.3, -0.25) is 9.69 Å². The van der Waals surface area contributed by atoms with E-state index in [0.717, 1.165) is 32.2 Å². The first kappa shape index (κ1) is 20.0. The largest absolute Gasteiger partial charge is 0.490 e. The van der Waals surface area contributed by atoms with E-state index in [-0.39, 0.29) is 18.0 Å². The van der Waals surface area contributed by atoms with Gasteiger partial charge in [0.2, 0.25) is 0 Å². The molecule has 3 rings (SSSR count). The fourth-order valence-electron chi connectivity index (χ4n) is 3.94. The average Bonchev–Trinajstić information content (AvgIpc) is 2.82. The van der Waals surface area contributed by atoms with Gasteiger partial charge in [-0.2, -0.15) is 0 Å². The van der Waals surface area contributed by atoms with E-state index in [1.54, 1.807) is 18.2 Å². The summed E-state index contributed by atoms with van der Waals surface area (Å²) in [5, 5.41) is 3.46. The number of amides is 3. The number of halogens is 1. The van der Waals surface area contributed by atoms with Crippen LogP contribution in [0.25, 0.3) is 0 Å². The zero-order chi connectivity index (χ0) is 19.6. The molecule has 1 aromatic carbocycles. The maximum Gasteiger partial charge on any atom is 0.325 e. The summed E-state index contributed by atoms with van der Waals surface area (Å²) >= 11 is 6.15. The van der Waals surface area contributed by atoms with Crippen LogP contribution in [0.3, 0.4) is 0 Å². The molecule has 3 amide bonds. The molecule has 1 spiro atoms. The van der Waals surface area contributed by atoms with Crippen LogP contribution in [0, 0.1) is 0 Å². The molecule has 0 bridgehead atoms. The molecular weight excluding hydrogens is 366 g/mol. The van der Waals surface area contributed by atoms with Crippen molar-refractivity contribution in [3.63, 3.8) is 0 Å².